The van der Waals surface area contributed by atoms with Crippen molar-refractivity contribution in [1.82, 2.24) is 25.0 Å². The molecular weight excluding hydrogens is 350 g/mol. The van der Waals surface area contributed by atoms with Crippen LogP contribution in [0.25, 0.3) is 0 Å². The van der Waals surface area contributed by atoms with Gasteiger partial charge in [-0.15, -0.1) is 10.2 Å². The van der Waals surface area contributed by atoms with Gasteiger partial charge < -0.3 is 24.6 Å². The molecule has 0 bridgehead atoms. The highest BCUT2D eigenvalue weighted by molar-refractivity contribution is 5.91. The van der Waals surface area contributed by atoms with Crippen molar-refractivity contribution in [3.8, 4) is 0 Å². The summed E-state index contributed by atoms with van der Waals surface area (Å²) < 4.78 is 7.95. The molecule has 1 atom stereocenters. The molecule has 5 rings (SSSR count). The number of amides is 2. The Morgan fingerprint density at radius 1 is 1.22 bits per heavy atom. The zero-order valence-electron chi connectivity index (χ0n) is 15.3. The largest absolute Gasteiger partial charge is 0.393 e. The Labute approximate surface area is 157 Å². The van der Waals surface area contributed by atoms with Gasteiger partial charge in [0.25, 0.3) is 5.91 Å². The van der Waals surface area contributed by atoms with Gasteiger partial charge in [0.05, 0.1) is 19.2 Å². The first-order valence-electron chi connectivity index (χ1n) is 9.87. The van der Waals surface area contributed by atoms with E-state index in [-0.39, 0.29) is 29.9 Å². The molecule has 2 saturated carbocycles. The SMILES string of the molecule is O=C(NC1CCC1)c1nnc2n1CC1(CCN(C(=O)C3CC(O)C3)C1)OC2. The Hall–Kier alpha value is -2.00. The van der Waals surface area contributed by atoms with Gasteiger partial charge in [-0.05, 0) is 38.5 Å². The molecule has 1 saturated heterocycles. The lowest BCUT2D eigenvalue weighted by Crippen LogP contribution is -2.48. The molecule has 2 N–H and O–H groups in total. The van der Waals surface area contributed by atoms with Crippen LogP contribution in [0.4, 0.5) is 0 Å². The molecule has 3 fully saturated rings. The number of aliphatic hydroxyl groups is 1. The van der Waals surface area contributed by atoms with E-state index >= 15 is 0 Å². The fourth-order valence-corrected chi connectivity index (χ4v) is 4.46. The Balaban J connectivity index is 1.28. The van der Waals surface area contributed by atoms with Crippen LogP contribution in [0.5, 0.6) is 0 Å². The molecule has 4 aliphatic rings. The minimum atomic E-state index is -0.487. The fraction of sp³-hybridized carbons (Fsp3) is 0.778. The molecule has 27 heavy (non-hydrogen) atoms. The summed E-state index contributed by atoms with van der Waals surface area (Å²) in [6.45, 7) is 1.94. The molecule has 1 unspecified atom stereocenters. The molecule has 1 aromatic rings. The van der Waals surface area contributed by atoms with Crippen molar-refractivity contribution in [2.45, 2.75) is 69.4 Å². The Bertz CT molecular complexity index is 770. The number of carbonyl (C=O) groups is 2. The van der Waals surface area contributed by atoms with E-state index in [1.165, 1.54) is 0 Å². The lowest BCUT2D eigenvalue weighted by atomic mass is 9.81. The smallest absolute Gasteiger partial charge is 0.289 e. The monoisotopic (exact) mass is 375 g/mol. The number of aromatic nitrogens is 3. The number of aliphatic hydroxyl groups excluding tert-OH is 1. The topological polar surface area (TPSA) is 110 Å². The highest BCUT2D eigenvalue weighted by Crippen LogP contribution is 2.36. The van der Waals surface area contributed by atoms with E-state index in [9.17, 15) is 14.7 Å². The first-order valence-corrected chi connectivity index (χ1v) is 9.87. The van der Waals surface area contributed by atoms with Gasteiger partial charge in [0.15, 0.2) is 5.82 Å². The number of hydrogen-bond acceptors (Lipinski definition) is 6. The van der Waals surface area contributed by atoms with Crippen molar-refractivity contribution >= 4 is 11.8 Å². The third-order valence-electron chi connectivity index (χ3n) is 6.52. The minimum Gasteiger partial charge on any atom is -0.393 e. The van der Waals surface area contributed by atoms with E-state index < -0.39 is 5.60 Å². The molecule has 1 aromatic heterocycles. The zero-order valence-corrected chi connectivity index (χ0v) is 15.3. The first kappa shape index (κ1) is 17.1. The van der Waals surface area contributed by atoms with Gasteiger partial charge in [0, 0.05) is 18.5 Å². The number of nitrogens with one attached hydrogen (secondary N) is 1. The molecule has 1 spiro atoms. The summed E-state index contributed by atoms with van der Waals surface area (Å²) >= 11 is 0. The van der Waals surface area contributed by atoms with E-state index in [0.717, 1.165) is 25.7 Å². The van der Waals surface area contributed by atoms with Crippen molar-refractivity contribution in [2.75, 3.05) is 13.1 Å². The summed E-state index contributed by atoms with van der Waals surface area (Å²) in [6.07, 6.45) is 4.71. The molecule has 9 heteroatoms. The number of fused-ring (bicyclic) bond motifs is 1. The highest BCUT2D eigenvalue weighted by Gasteiger charge is 2.47. The normalized spacial score (nSPS) is 32.7. The number of rotatable bonds is 3. The van der Waals surface area contributed by atoms with E-state index in [4.69, 9.17) is 4.74 Å². The van der Waals surface area contributed by atoms with Crippen molar-refractivity contribution < 1.29 is 19.4 Å². The molecule has 2 aliphatic heterocycles. The summed E-state index contributed by atoms with van der Waals surface area (Å²) in [6, 6.07) is 0.247. The summed E-state index contributed by atoms with van der Waals surface area (Å²) in [4.78, 5) is 27.0. The average molecular weight is 375 g/mol. The highest BCUT2D eigenvalue weighted by atomic mass is 16.5. The van der Waals surface area contributed by atoms with Crippen LogP contribution in [0, 0.1) is 5.92 Å². The molecule has 3 heterocycles. The van der Waals surface area contributed by atoms with Crippen LogP contribution in [-0.4, -0.2) is 67.4 Å². The lowest BCUT2D eigenvalue weighted by molar-refractivity contribution is -0.144. The fourth-order valence-electron chi connectivity index (χ4n) is 4.46. The molecule has 146 valence electrons. The molecule has 2 amide bonds. The average Bonchev–Trinajstić information content (AvgIpc) is 3.19. The van der Waals surface area contributed by atoms with Gasteiger partial charge in [-0.1, -0.05) is 0 Å². The molecule has 0 aromatic carbocycles. The van der Waals surface area contributed by atoms with E-state index in [1.807, 2.05) is 9.47 Å². The molecular formula is C18H25N5O4. The minimum absolute atomic E-state index is 0.0620. The third-order valence-corrected chi connectivity index (χ3v) is 6.52. The second-order valence-electron chi connectivity index (χ2n) is 8.43. The maximum Gasteiger partial charge on any atom is 0.289 e. The van der Waals surface area contributed by atoms with Crippen LogP contribution in [-0.2, 0) is 22.7 Å². The van der Waals surface area contributed by atoms with Crippen LogP contribution in [0.1, 0.15) is 55.0 Å². The maximum absolute atomic E-state index is 12.6. The summed E-state index contributed by atoms with van der Waals surface area (Å²) in [7, 11) is 0. The first-order chi connectivity index (χ1) is 13.0. The van der Waals surface area contributed by atoms with Crippen LogP contribution in [0.3, 0.4) is 0 Å². The van der Waals surface area contributed by atoms with Crippen LogP contribution < -0.4 is 5.32 Å². The van der Waals surface area contributed by atoms with Gasteiger partial charge in [0.2, 0.25) is 11.7 Å². The standard InChI is InChI=1S/C18H25N5O4/c24-13-6-11(7-13)17(26)22-5-4-18(9-22)10-23-14(8-27-18)20-21-15(23)16(25)19-12-2-1-3-12/h11-13,24H,1-10H2,(H,19,25). The van der Waals surface area contributed by atoms with E-state index in [2.05, 4.69) is 15.5 Å². The van der Waals surface area contributed by atoms with Gasteiger partial charge in [-0.2, -0.15) is 0 Å². The van der Waals surface area contributed by atoms with E-state index in [1.54, 1.807) is 0 Å². The van der Waals surface area contributed by atoms with Crippen LogP contribution >= 0.6 is 0 Å². The Morgan fingerprint density at radius 3 is 2.74 bits per heavy atom. The second kappa shape index (κ2) is 6.27. The number of carbonyl (C=O) groups excluding carboxylic acids is 2. The Kier molecular flexibility index (Phi) is 3.98. The number of nitrogens with zero attached hydrogens (tertiary/aromatic N) is 4. The van der Waals surface area contributed by atoms with Crippen molar-refractivity contribution in [3.05, 3.63) is 11.6 Å². The third kappa shape index (κ3) is 2.93. The van der Waals surface area contributed by atoms with Crippen LogP contribution in [0.2, 0.25) is 0 Å². The Morgan fingerprint density at radius 2 is 2.04 bits per heavy atom. The van der Waals surface area contributed by atoms with Crippen molar-refractivity contribution in [1.29, 1.82) is 0 Å². The van der Waals surface area contributed by atoms with Crippen molar-refractivity contribution in [3.63, 3.8) is 0 Å². The predicted octanol–water partition coefficient (Wildman–Crippen LogP) is -0.167. The number of hydrogen-bond donors (Lipinski definition) is 2. The van der Waals surface area contributed by atoms with Gasteiger partial charge >= 0.3 is 0 Å². The summed E-state index contributed by atoms with van der Waals surface area (Å²) in [5.41, 5.74) is -0.487. The molecule has 9 nitrogen and oxygen atoms in total. The molecule has 2 aliphatic carbocycles. The van der Waals surface area contributed by atoms with Crippen LogP contribution in [0.15, 0.2) is 0 Å². The predicted molar refractivity (Wildman–Crippen MR) is 92.6 cm³/mol. The molecule has 0 radical (unpaired) electrons. The zero-order chi connectivity index (χ0) is 18.6. The number of likely N-dealkylation sites (tertiary alicyclic amines) is 1. The van der Waals surface area contributed by atoms with Crippen molar-refractivity contribution in [2.24, 2.45) is 5.92 Å². The van der Waals surface area contributed by atoms with Gasteiger partial charge in [0.1, 0.15) is 12.2 Å². The second-order valence-corrected chi connectivity index (χ2v) is 8.43. The van der Waals surface area contributed by atoms with Gasteiger partial charge in [-0.3, -0.25) is 9.59 Å². The quantitative estimate of drug-likeness (QED) is 0.759. The lowest BCUT2D eigenvalue weighted by Gasteiger charge is -2.36. The van der Waals surface area contributed by atoms with Gasteiger partial charge in [-0.25, -0.2) is 0 Å². The number of ether oxygens (including phenoxy) is 1. The summed E-state index contributed by atoms with van der Waals surface area (Å²) in [5, 5.41) is 20.7. The maximum atomic E-state index is 12.6. The van der Waals surface area contributed by atoms with E-state index in [0.29, 0.717) is 50.7 Å². The summed E-state index contributed by atoms with van der Waals surface area (Å²) in [5.74, 6) is 0.869.